The number of ether oxygens (including phenoxy) is 1. The molecule has 0 N–H and O–H groups in total. The summed E-state index contributed by atoms with van der Waals surface area (Å²) in [6, 6.07) is 13.1. The van der Waals surface area contributed by atoms with E-state index in [1.807, 2.05) is 18.2 Å². The van der Waals surface area contributed by atoms with Crippen LogP contribution in [-0.2, 0) is 20.6 Å². The van der Waals surface area contributed by atoms with Crippen LogP contribution in [-0.4, -0.2) is 26.3 Å². The molecule has 3 fully saturated rings. The molecule has 0 radical (unpaired) electrons. The molecule has 4 nitrogen and oxygen atoms in total. The molecule has 4 bridgehead atoms. The monoisotopic (exact) mass is 481 g/mol. The van der Waals surface area contributed by atoms with Crippen molar-refractivity contribution < 1.29 is 14.0 Å². The van der Waals surface area contributed by atoms with Gasteiger partial charge in [0.05, 0.1) is 29.8 Å². The van der Waals surface area contributed by atoms with Crippen molar-refractivity contribution in [3.05, 3.63) is 35.9 Å². The summed E-state index contributed by atoms with van der Waals surface area (Å²) in [5, 5.41) is 10.7. The van der Waals surface area contributed by atoms with E-state index in [4.69, 9.17) is 9.16 Å². The smallest absolute Gasteiger partial charge is 0.201 e. The van der Waals surface area contributed by atoms with Crippen molar-refractivity contribution >= 4 is 14.6 Å². The lowest BCUT2D eigenvalue weighted by Gasteiger charge is -2.54. The first-order valence-corrected chi connectivity index (χ1v) is 15.4. The van der Waals surface area contributed by atoms with E-state index in [0.29, 0.717) is 29.7 Å². The van der Waals surface area contributed by atoms with Crippen molar-refractivity contribution in [2.75, 3.05) is 0 Å². The third kappa shape index (κ3) is 3.17. The number of nitriles is 1. The molecule has 0 unspecified atom stereocenters. The maximum atomic E-state index is 12.2. The molecule has 0 heterocycles. The van der Waals surface area contributed by atoms with Gasteiger partial charge in [-0.2, -0.15) is 5.26 Å². The Morgan fingerprint density at radius 2 is 1.68 bits per heavy atom. The first kappa shape index (κ1) is 25.6. The zero-order valence-electron chi connectivity index (χ0n) is 22.1. The van der Waals surface area contributed by atoms with Gasteiger partial charge in [-0.1, -0.05) is 78.8 Å². The quantitative estimate of drug-likeness (QED) is 0.265. The summed E-state index contributed by atoms with van der Waals surface area (Å²) in [4.78, 5) is 12.2. The van der Waals surface area contributed by atoms with Gasteiger partial charge in [0.1, 0.15) is 6.29 Å². The van der Waals surface area contributed by atoms with Gasteiger partial charge in [-0.25, -0.2) is 0 Å². The number of hydrogen-bond donors (Lipinski definition) is 0. The number of rotatable bonds is 10. The van der Waals surface area contributed by atoms with E-state index >= 15 is 0 Å². The zero-order chi connectivity index (χ0) is 24.9. The molecule has 3 aliphatic carbocycles. The van der Waals surface area contributed by atoms with Gasteiger partial charge in [-0.15, -0.1) is 0 Å². The third-order valence-corrected chi connectivity index (χ3v) is 16.4. The van der Waals surface area contributed by atoms with E-state index in [0.717, 1.165) is 31.1 Å². The van der Waals surface area contributed by atoms with Crippen LogP contribution in [0.25, 0.3) is 0 Å². The van der Waals surface area contributed by atoms with Crippen molar-refractivity contribution in [2.24, 2.45) is 22.7 Å². The molecule has 6 atom stereocenters. The third-order valence-electron chi connectivity index (χ3n) is 10.2. The Morgan fingerprint density at radius 1 is 1.06 bits per heavy atom. The lowest BCUT2D eigenvalue weighted by molar-refractivity contribution is -0.115. The van der Waals surface area contributed by atoms with Gasteiger partial charge in [0.15, 0.2) is 0 Å². The van der Waals surface area contributed by atoms with Gasteiger partial charge in [0.25, 0.3) is 0 Å². The topological polar surface area (TPSA) is 59.3 Å². The fourth-order valence-electron chi connectivity index (χ4n) is 9.02. The molecule has 0 spiro atoms. The summed E-state index contributed by atoms with van der Waals surface area (Å²) in [6.07, 6.45) is 3.99. The lowest BCUT2D eigenvalue weighted by Crippen LogP contribution is -2.61. The number of hydrogen-bond acceptors (Lipinski definition) is 4. The Hall–Kier alpha value is -1.48. The number of nitrogens with zero attached hydrogens (tertiary/aromatic N) is 1. The van der Waals surface area contributed by atoms with Gasteiger partial charge in [-0.3, -0.25) is 0 Å². The molecule has 1 aromatic carbocycles. The Balaban J connectivity index is 1.81. The Bertz CT molecular complexity index is 919. The van der Waals surface area contributed by atoms with Gasteiger partial charge in [0.2, 0.25) is 8.32 Å². The summed E-state index contributed by atoms with van der Waals surface area (Å²) >= 11 is 0. The fourth-order valence-corrected chi connectivity index (χ4v) is 14.8. The van der Waals surface area contributed by atoms with E-state index in [2.05, 4.69) is 66.7 Å². The molecular weight excluding hydrogens is 438 g/mol. The molecule has 1 aromatic rings. The molecule has 3 saturated carbocycles. The van der Waals surface area contributed by atoms with Gasteiger partial charge in [0, 0.05) is 18.3 Å². The standard InChI is InChI=1S/C29H43NO3Si/c1-20(2)34(21(3)4,22(5)6)33-29-17-26(32-18-24-11-9-8-10-12-24)25-16-28(29,19-30)23(7)15-27(25,29)13-14-31/h8-12,14,20-23,25-26H,13,15-18H2,1-7H3/t23-,25-,26+,27-,28+,29-/m1/s1. The van der Waals surface area contributed by atoms with Gasteiger partial charge in [-0.05, 0) is 46.9 Å². The summed E-state index contributed by atoms with van der Waals surface area (Å²) in [5.74, 6) is 0.414. The maximum absolute atomic E-state index is 12.2. The zero-order valence-corrected chi connectivity index (χ0v) is 23.1. The van der Waals surface area contributed by atoms with E-state index in [9.17, 15) is 10.1 Å². The van der Waals surface area contributed by atoms with Crippen LogP contribution < -0.4 is 0 Å². The highest BCUT2D eigenvalue weighted by Crippen LogP contribution is 2.81. The predicted octanol–water partition coefficient (Wildman–Crippen LogP) is 7.05. The SMILES string of the molecule is CC(C)[Si](O[C@@]12C[C@H](OCc3ccccc3)[C@H]3C[C@]1(C#N)[C@H](C)C[C@]32CC=O)(C(C)C)C(C)C. The van der Waals surface area contributed by atoms with E-state index < -0.39 is 19.3 Å². The summed E-state index contributed by atoms with van der Waals surface area (Å²) in [6.45, 7) is 16.6. The molecule has 0 saturated heterocycles. The van der Waals surface area contributed by atoms with Crippen LogP contribution in [0.2, 0.25) is 16.6 Å². The van der Waals surface area contributed by atoms with Crippen molar-refractivity contribution in [1.82, 2.24) is 0 Å². The highest BCUT2D eigenvalue weighted by Gasteiger charge is 2.85. The largest absolute Gasteiger partial charge is 0.408 e. The summed E-state index contributed by atoms with van der Waals surface area (Å²) in [5.41, 5.74) is 0.976. The minimum atomic E-state index is -2.31. The Kier molecular flexibility index (Phi) is 6.68. The molecule has 3 aliphatic rings. The van der Waals surface area contributed by atoms with Crippen LogP contribution in [0.15, 0.2) is 30.3 Å². The fraction of sp³-hybridized carbons (Fsp3) is 0.724. The average molecular weight is 482 g/mol. The van der Waals surface area contributed by atoms with Gasteiger partial charge >= 0.3 is 0 Å². The molecular formula is C29H43NO3Si. The normalized spacial score (nSPS) is 36.6. The molecule has 5 heteroatoms. The van der Waals surface area contributed by atoms with Crippen molar-refractivity contribution in [3.63, 3.8) is 0 Å². The van der Waals surface area contributed by atoms with E-state index in [1.165, 1.54) is 0 Å². The second-order valence-corrected chi connectivity index (χ2v) is 17.7. The molecule has 34 heavy (non-hydrogen) atoms. The molecule has 4 rings (SSSR count). The maximum Gasteiger partial charge on any atom is 0.201 e. The minimum absolute atomic E-state index is 0.0207. The number of carbonyl (C=O) groups excluding carboxylic acids is 1. The summed E-state index contributed by atoms with van der Waals surface area (Å²) < 4.78 is 14.3. The molecule has 0 amide bonds. The first-order valence-electron chi connectivity index (χ1n) is 13.3. The van der Waals surface area contributed by atoms with Crippen LogP contribution in [0.4, 0.5) is 0 Å². The van der Waals surface area contributed by atoms with Crippen LogP contribution in [0.1, 0.15) is 79.7 Å². The molecule has 0 aromatic heterocycles. The van der Waals surface area contributed by atoms with Crippen LogP contribution in [0.5, 0.6) is 0 Å². The van der Waals surface area contributed by atoms with Crippen LogP contribution in [0, 0.1) is 34.0 Å². The van der Waals surface area contributed by atoms with Crippen LogP contribution >= 0.6 is 0 Å². The number of carbonyl (C=O) groups is 1. The van der Waals surface area contributed by atoms with Crippen LogP contribution in [0.3, 0.4) is 0 Å². The lowest BCUT2D eigenvalue weighted by atomic mass is 9.65. The minimum Gasteiger partial charge on any atom is -0.408 e. The molecule has 186 valence electrons. The predicted molar refractivity (Wildman–Crippen MR) is 138 cm³/mol. The Morgan fingerprint density at radius 3 is 2.21 bits per heavy atom. The number of benzene rings is 1. The summed E-state index contributed by atoms with van der Waals surface area (Å²) in [7, 11) is -2.31. The second-order valence-electron chi connectivity index (χ2n) is 12.3. The van der Waals surface area contributed by atoms with Gasteiger partial charge < -0.3 is 14.0 Å². The average Bonchev–Trinajstić information content (AvgIpc) is 3.25. The van der Waals surface area contributed by atoms with Crippen molar-refractivity contribution in [3.8, 4) is 6.07 Å². The van der Waals surface area contributed by atoms with Crippen molar-refractivity contribution in [2.45, 2.75) is 109 Å². The van der Waals surface area contributed by atoms with E-state index in [1.54, 1.807) is 0 Å². The molecule has 0 aliphatic heterocycles. The van der Waals surface area contributed by atoms with Crippen molar-refractivity contribution in [1.29, 1.82) is 5.26 Å². The van der Waals surface area contributed by atoms with E-state index in [-0.39, 0.29) is 23.4 Å². The Labute approximate surface area is 207 Å². The highest BCUT2D eigenvalue weighted by atomic mass is 28.4. The number of aldehydes is 1. The second kappa shape index (κ2) is 8.87. The highest BCUT2D eigenvalue weighted by molar-refractivity contribution is 6.77. The first-order chi connectivity index (χ1) is 16.1.